The molecule has 0 radical (unpaired) electrons. The molecule has 1 aromatic heterocycles. The molecule has 0 bridgehead atoms. The fraction of sp³-hybridized carbons (Fsp3) is 0.429. The SMILES string of the molecule is COB(OC)c1cnc(C)nc1. The molecule has 0 fully saturated rings. The van der Waals surface area contributed by atoms with Gasteiger partial charge in [-0.3, -0.25) is 0 Å². The Bertz CT molecular complexity index is 236. The van der Waals surface area contributed by atoms with Crippen LogP contribution >= 0.6 is 0 Å². The number of hydrogen-bond donors (Lipinski definition) is 0. The molecule has 0 saturated heterocycles. The lowest BCUT2D eigenvalue weighted by Crippen LogP contribution is -2.35. The van der Waals surface area contributed by atoms with E-state index in [0.717, 1.165) is 11.3 Å². The third-order valence-corrected chi connectivity index (χ3v) is 1.50. The van der Waals surface area contributed by atoms with Crippen LogP contribution in [0, 0.1) is 6.92 Å². The molecule has 12 heavy (non-hydrogen) atoms. The summed E-state index contributed by atoms with van der Waals surface area (Å²) >= 11 is 0. The van der Waals surface area contributed by atoms with Crippen molar-refractivity contribution in [3.05, 3.63) is 18.2 Å². The molecule has 0 amide bonds. The van der Waals surface area contributed by atoms with Gasteiger partial charge >= 0.3 is 7.12 Å². The predicted octanol–water partition coefficient (Wildman–Crippen LogP) is -0.227. The van der Waals surface area contributed by atoms with Crippen molar-refractivity contribution in [2.24, 2.45) is 0 Å². The second kappa shape index (κ2) is 4.18. The first-order chi connectivity index (χ1) is 5.77. The Kier molecular flexibility index (Phi) is 3.19. The fourth-order valence-corrected chi connectivity index (χ4v) is 0.893. The molecule has 1 aromatic rings. The Morgan fingerprint density at radius 2 is 1.67 bits per heavy atom. The molecule has 0 aromatic carbocycles. The first-order valence-corrected chi connectivity index (χ1v) is 3.62. The van der Waals surface area contributed by atoms with E-state index in [0.29, 0.717) is 0 Å². The normalized spacial score (nSPS) is 9.92. The molecule has 1 rings (SSSR count). The summed E-state index contributed by atoms with van der Waals surface area (Å²) < 4.78 is 10.0. The molecule has 0 unspecified atom stereocenters. The molecule has 5 heteroatoms. The van der Waals surface area contributed by atoms with E-state index in [4.69, 9.17) is 9.31 Å². The van der Waals surface area contributed by atoms with Crippen molar-refractivity contribution >= 4 is 12.6 Å². The second-order valence-electron chi connectivity index (χ2n) is 2.37. The Hall–Kier alpha value is -0.935. The van der Waals surface area contributed by atoms with Crippen LogP contribution in [0.5, 0.6) is 0 Å². The Morgan fingerprint density at radius 1 is 1.17 bits per heavy atom. The molecule has 0 N–H and O–H groups in total. The first-order valence-electron chi connectivity index (χ1n) is 3.62. The highest BCUT2D eigenvalue weighted by Crippen LogP contribution is 1.87. The van der Waals surface area contributed by atoms with Crippen molar-refractivity contribution in [1.29, 1.82) is 0 Å². The molecule has 1 heterocycles. The molecule has 4 nitrogen and oxygen atoms in total. The monoisotopic (exact) mass is 166 g/mol. The number of aromatic nitrogens is 2. The summed E-state index contributed by atoms with van der Waals surface area (Å²) in [4.78, 5) is 8.05. The van der Waals surface area contributed by atoms with Gasteiger partial charge in [0, 0.05) is 32.1 Å². The maximum atomic E-state index is 5.02. The van der Waals surface area contributed by atoms with Gasteiger partial charge in [-0.2, -0.15) is 0 Å². The molecular weight excluding hydrogens is 155 g/mol. The molecule has 0 aliphatic rings. The van der Waals surface area contributed by atoms with Crippen LogP contribution in [-0.2, 0) is 9.31 Å². The van der Waals surface area contributed by atoms with Crippen LogP contribution in [0.3, 0.4) is 0 Å². The first kappa shape index (κ1) is 9.16. The van der Waals surface area contributed by atoms with E-state index in [1.54, 1.807) is 26.6 Å². The summed E-state index contributed by atoms with van der Waals surface area (Å²) in [6.45, 7) is 1.83. The molecule has 0 aliphatic carbocycles. The minimum atomic E-state index is -0.370. The summed E-state index contributed by atoms with van der Waals surface area (Å²) in [6.07, 6.45) is 3.39. The maximum Gasteiger partial charge on any atom is 0.496 e. The zero-order valence-electron chi connectivity index (χ0n) is 7.44. The van der Waals surface area contributed by atoms with E-state index in [9.17, 15) is 0 Å². The minimum absolute atomic E-state index is 0.370. The van der Waals surface area contributed by atoms with E-state index in [2.05, 4.69) is 9.97 Å². The largest absolute Gasteiger partial charge is 0.496 e. The van der Waals surface area contributed by atoms with Gasteiger partial charge in [0.05, 0.1) is 0 Å². The zero-order chi connectivity index (χ0) is 8.97. The van der Waals surface area contributed by atoms with Crippen LogP contribution < -0.4 is 5.46 Å². The van der Waals surface area contributed by atoms with E-state index in [-0.39, 0.29) is 7.12 Å². The van der Waals surface area contributed by atoms with Crippen molar-refractivity contribution < 1.29 is 9.31 Å². The molecule has 0 spiro atoms. The Labute approximate surface area is 72.1 Å². The topological polar surface area (TPSA) is 44.2 Å². The minimum Gasteiger partial charge on any atom is -0.410 e. The highest BCUT2D eigenvalue weighted by Gasteiger charge is 2.17. The van der Waals surface area contributed by atoms with Gasteiger partial charge in [0.15, 0.2) is 0 Å². The Balaban J connectivity index is 2.80. The third-order valence-electron chi connectivity index (χ3n) is 1.50. The summed E-state index contributed by atoms with van der Waals surface area (Å²) in [5, 5.41) is 0. The summed E-state index contributed by atoms with van der Waals surface area (Å²) in [7, 11) is 2.78. The van der Waals surface area contributed by atoms with Crippen LogP contribution in [0.15, 0.2) is 12.4 Å². The lowest BCUT2D eigenvalue weighted by Gasteiger charge is -2.06. The van der Waals surface area contributed by atoms with E-state index >= 15 is 0 Å². The smallest absolute Gasteiger partial charge is 0.410 e. The van der Waals surface area contributed by atoms with Gasteiger partial charge in [-0.25, -0.2) is 9.97 Å². The molecule has 0 aliphatic heterocycles. The number of rotatable bonds is 3. The number of aryl methyl sites for hydroxylation is 1. The molecule has 0 atom stereocenters. The number of hydrogen-bond acceptors (Lipinski definition) is 4. The van der Waals surface area contributed by atoms with Crippen LogP contribution in [0.1, 0.15) is 5.82 Å². The predicted molar refractivity (Wildman–Crippen MR) is 46.2 cm³/mol. The lowest BCUT2D eigenvalue weighted by molar-refractivity contribution is 0.291. The molecule has 64 valence electrons. The maximum absolute atomic E-state index is 5.02. The van der Waals surface area contributed by atoms with Crippen molar-refractivity contribution in [2.45, 2.75) is 6.92 Å². The average molecular weight is 166 g/mol. The van der Waals surface area contributed by atoms with Gasteiger partial charge < -0.3 is 9.31 Å². The van der Waals surface area contributed by atoms with Gasteiger partial charge in [-0.1, -0.05) is 0 Å². The van der Waals surface area contributed by atoms with Gasteiger partial charge in [-0.05, 0) is 6.92 Å². The Morgan fingerprint density at radius 3 is 2.08 bits per heavy atom. The highest BCUT2D eigenvalue weighted by atomic mass is 16.6. The van der Waals surface area contributed by atoms with Gasteiger partial charge in [0.25, 0.3) is 0 Å². The molecule has 0 saturated carbocycles. The quantitative estimate of drug-likeness (QED) is 0.582. The lowest BCUT2D eigenvalue weighted by atomic mass is 9.81. The van der Waals surface area contributed by atoms with Crippen molar-refractivity contribution in [2.75, 3.05) is 14.2 Å². The van der Waals surface area contributed by atoms with Crippen LogP contribution in [0.25, 0.3) is 0 Å². The standard InChI is InChI=1S/C7H11BN2O2/c1-6-9-4-7(5-10-6)8(11-2)12-3/h4-5H,1-3H3. The van der Waals surface area contributed by atoms with Crippen LogP contribution in [0.2, 0.25) is 0 Å². The zero-order valence-corrected chi connectivity index (χ0v) is 7.44. The van der Waals surface area contributed by atoms with E-state index < -0.39 is 0 Å². The molecular formula is C7H11BN2O2. The van der Waals surface area contributed by atoms with Gasteiger partial charge in [0.1, 0.15) is 5.82 Å². The van der Waals surface area contributed by atoms with Crippen LogP contribution in [0.4, 0.5) is 0 Å². The van der Waals surface area contributed by atoms with Gasteiger partial charge in [0.2, 0.25) is 0 Å². The van der Waals surface area contributed by atoms with E-state index in [1.807, 2.05) is 6.92 Å². The van der Waals surface area contributed by atoms with E-state index in [1.165, 1.54) is 0 Å². The highest BCUT2D eigenvalue weighted by molar-refractivity contribution is 6.61. The number of nitrogens with zero attached hydrogens (tertiary/aromatic N) is 2. The summed E-state index contributed by atoms with van der Waals surface area (Å²) in [5.74, 6) is 0.740. The summed E-state index contributed by atoms with van der Waals surface area (Å²) in [5.41, 5.74) is 0.825. The summed E-state index contributed by atoms with van der Waals surface area (Å²) in [6, 6.07) is 0. The van der Waals surface area contributed by atoms with Crippen molar-refractivity contribution in [1.82, 2.24) is 9.97 Å². The van der Waals surface area contributed by atoms with Crippen molar-refractivity contribution in [3.8, 4) is 0 Å². The fourth-order valence-electron chi connectivity index (χ4n) is 0.893. The third kappa shape index (κ3) is 2.02. The van der Waals surface area contributed by atoms with Gasteiger partial charge in [-0.15, -0.1) is 0 Å². The van der Waals surface area contributed by atoms with Crippen molar-refractivity contribution in [3.63, 3.8) is 0 Å². The van der Waals surface area contributed by atoms with Crippen LogP contribution in [-0.4, -0.2) is 31.3 Å². The average Bonchev–Trinajstić information content (AvgIpc) is 2.10. The second-order valence-corrected chi connectivity index (χ2v) is 2.37.